The molecule has 0 bridgehead atoms. The first-order chi connectivity index (χ1) is 11.0. The summed E-state index contributed by atoms with van der Waals surface area (Å²) in [5.41, 5.74) is 0.681. The summed E-state index contributed by atoms with van der Waals surface area (Å²) >= 11 is 6.00. The van der Waals surface area contributed by atoms with E-state index in [0.717, 1.165) is 6.26 Å². The molecule has 8 heteroatoms. The predicted molar refractivity (Wildman–Crippen MR) is 94.4 cm³/mol. The van der Waals surface area contributed by atoms with E-state index >= 15 is 0 Å². The molecule has 1 atom stereocenters. The number of hydrogen-bond donors (Lipinski definition) is 0. The van der Waals surface area contributed by atoms with Crippen molar-refractivity contribution >= 4 is 31.5 Å². The molecule has 5 nitrogen and oxygen atoms in total. The van der Waals surface area contributed by atoms with Gasteiger partial charge >= 0.3 is 0 Å². The van der Waals surface area contributed by atoms with Crippen LogP contribution in [0.15, 0.2) is 58.3 Å². The van der Waals surface area contributed by atoms with Crippen molar-refractivity contribution in [3.63, 3.8) is 0 Å². The van der Waals surface area contributed by atoms with Gasteiger partial charge in [-0.1, -0.05) is 35.9 Å². The van der Waals surface area contributed by atoms with E-state index in [0.29, 0.717) is 5.56 Å². The molecule has 2 rings (SSSR count). The van der Waals surface area contributed by atoms with Crippen LogP contribution in [0, 0.1) is 0 Å². The van der Waals surface area contributed by atoms with Crippen LogP contribution >= 0.6 is 11.6 Å². The zero-order chi connectivity index (χ0) is 18.1. The molecule has 0 radical (unpaired) electrons. The summed E-state index contributed by atoms with van der Waals surface area (Å²) in [6.45, 7) is 1.73. The largest absolute Gasteiger partial charge is 0.244 e. The summed E-state index contributed by atoms with van der Waals surface area (Å²) in [5, 5.41) is 0.156. The van der Waals surface area contributed by atoms with Gasteiger partial charge in [0.15, 0.2) is 9.84 Å². The van der Waals surface area contributed by atoms with Crippen LogP contribution in [-0.2, 0) is 19.9 Å². The van der Waals surface area contributed by atoms with E-state index in [1.165, 1.54) is 35.6 Å². The fraction of sp³-hybridized carbons (Fsp3) is 0.250. The number of hydrogen-bond acceptors (Lipinski definition) is 4. The van der Waals surface area contributed by atoms with Crippen molar-refractivity contribution < 1.29 is 16.8 Å². The number of nitrogens with zero attached hydrogens (tertiary/aromatic N) is 1. The lowest BCUT2D eigenvalue weighted by atomic mass is 10.1. The lowest BCUT2D eigenvalue weighted by Crippen LogP contribution is -2.30. The summed E-state index contributed by atoms with van der Waals surface area (Å²) in [4.78, 5) is 0.226. The normalized spacial score (nSPS) is 13.9. The molecule has 0 aromatic heterocycles. The highest BCUT2D eigenvalue weighted by Gasteiger charge is 2.28. The average molecular weight is 388 g/mol. The minimum absolute atomic E-state index is 0.0359. The van der Waals surface area contributed by atoms with Crippen LogP contribution in [0.3, 0.4) is 0 Å². The Bertz CT molecular complexity index is 938. The Labute approximate surface area is 147 Å². The van der Waals surface area contributed by atoms with Gasteiger partial charge < -0.3 is 0 Å². The van der Waals surface area contributed by atoms with Gasteiger partial charge in [0.25, 0.3) is 0 Å². The number of rotatable bonds is 5. The van der Waals surface area contributed by atoms with E-state index in [1.54, 1.807) is 31.2 Å². The molecule has 0 heterocycles. The Morgan fingerprint density at radius 3 is 2.00 bits per heavy atom. The Balaban J connectivity index is 2.36. The van der Waals surface area contributed by atoms with Crippen LogP contribution in [0.25, 0.3) is 0 Å². The van der Waals surface area contributed by atoms with Gasteiger partial charge in [-0.2, -0.15) is 4.31 Å². The maximum Gasteiger partial charge on any atom is 0.244 e. The highest BCUT2D eigenvalue weighted by atomic mass is 35.5. The van der Waals surface area contributed by atoms with Crippen molar-refractivity contribution in [1.29, 1.82) is 0 Å². The fourth-order valence-corrected chi connectivity index (χ4v) is 4.69. The first-order valence-corrected chi connectivity index (χ1v) is 10.8. The molecule has 24 heavy (non-hydrogen) atoms. The van der Waals surface area contributed by atoms with Crippen molar-refractivity contribution in [3.05, 3.63) is 59.1 Å². The van der Waals surface area contributed by atoms with Gasteiger partial charge in [0, 0.05) is 19.3 Å². The number of benzene rings is 2. The smallest absolute Gasteiger partial charge is 0.224 e. The van der Waals surface area contributed by atoms with E-state index in [2.05, 4.69) is 0 Å². The first kappa shape index (κ1) is 18.9. The van der Waals surface area contributed by atoms with Crippen LogP contribution in [0.5, 0.6) is 0 Å². The third-order valence-corrected chi connectivity index (χ3v) is 7.39. The van der Waals surface area contributed by atoms with E-state index in [1.807, 2.05) is 0 Å². The summed E-state index contributed by atoms with van der Waals surface area (Å²) in [6.07, 6.45) is 1.12. The van der Waals surface area contributed by atoms with Gasteiger partial charge in [0.2, 0.25) is 10.0 Å². The quantitative estimate of drug-likeness (QED) is 0.790. The van der Waals surface area contributed by atoms with E-state index in [-0.39, 0.29) is 14.8 Å². The first-order valence-electron chi connectivity index (χ1n) is 7.07. The topological polar surface area (TPSA) is 71.5 Å². The Hall–Kier alpha value is -1.41. The van der Waals surface area contributed by atoms with Gasteiger partial charge in [-0.05, 0) is 36.8 Å². The van der Waals surface area contributed by atoms with E-state index in [4.69, 9.17) is 11.6 Å². The predicted octanol–water partition coefficient (Wildman–Crippen LogP) is 3.13. The maximum absolute atomic E-state index is 12.7. The Morgan fingerprint density at radius 1 is 0.958 bits per heavy atom. The number of sulfone groups is 1. The standard InChI is InChI=1S/C16H18ClNO4S2/c1-12(13-8-10-14(11-9-13)23(3,19)20)18(2)24(21,22)16-7-5-4-6-15(16)17/h4-12H,1-3H3/t12-/m1/s1. The molecule has 0 aliphatic heterocycles. The molecule has 0 aliphatic rings. The monoisotopic (exact) mass is 387 g/mol. The van der Waals surface area contributed by atoms with Crippen molar-refractivity contribution in [1.82, 2.24) is 4.31 Å². The Morgan fingerprint density at radius 2 is 1.50 bits per heavy atom. The van der Waals surface area contributed by atoms with Crippen molar-refractivity contribution in [2.24, 2.45) is 0 Å². The molecule has 0 saturated heterocycles. The molecule has 2 aromatic carbocycles. The van der Waals surface area contributed by atoms with E-state index in [9.17, 15) is 16.8 Å². The SMILES string of the molecule is C[C@H](c1ccc(S(C)(=O)=O)cc1)N(C)S(=O)(=O)c1ccccc1Cl. The molecule has 0 unspecified atom stereocenters. The maximum atomic E-state index is 12.7. The second kappa shape index (κ2) is 6.84. The fourth-order valence-electron chi connectivity index (χ4n) is 2.22. The van der Waals surface area contributed by atoms with Crippen LogP contribution in [0.4, 0.5) is 0 Å². The second-order valence-corrected chi connectivity index (χ2v) is 9.86. The molecular formula is C16H18ClNO4S2. The molecule has 0 aliphatic carbocycles. The zero-order valence-electron chi connectivity index (χ0n) is 13.5. The molecule has 0 amide bonds. The van der Waals surface area contributed by atoms with Gasteiger partial charge in [0.1, 0.15) is 4.90 Å². The summed E-state index contributed by atoms with van der Waals surface area (Å²) in [7, 11) is -5.60. The molecule has 0 spiro atoms. The third kappa shape index (κ3) is 3.80. The molecular weight excluding hydrogens is 370 g/mol. The summed E-state index contributed by atoms with van der Waals surface area (Å²) in [5.74, 6) is 0. The van der Waals surface area contributed by atoms with Crippen molar-refractivity contribution in [2.45, 2.75) is 22.8 Å². The molecule has 130 valence electrons. The summed E-state index contributed by atoms with van der Waals surface area (Å²) in [6, 6.07) is 11.9. The molecule has 2 aromatic rings. The van der Waals surface area contributed by atoms with Gasteiger partial charge in [-0.3, -0.25) is 0 Å². The van der Waals surface area contributed by atoms with Crippen LogP contribution in [-0.4, -0.2) is 34.4 Å². The minimum atomic E-state index is -3.77. The van der Waals surface area contributed by atoms with Crippen LogP contribution in [0.2, 0.25) is 5.02 Å². The number of sulfonamides is 1. The highest BCUT2D eigenvalue weighted by Crippen LogP contribution is 2.29. The molecule has 0 saturated carbocycles. The van der Waals surface area contributed by atoms with Crippen LogP contribution < -0.4 is 0 Å². The van der Waals surface area contributed by atoms with Gasteiger partial charge in [0.05, 0.1) is 9.92 Å². The zero-order valence-corrected chi connectivity index (χ0v) is 15.9. The lowest BCUT2D eigenvalue weighted by Gasteiger charge is -2.25. The molecule has 0 fully saturated rings. The van der Waals surface area contributed by atoms with Crippen molar-refractivity contribution in [2.75, 3.05) is 13.3 Å². The van der Waals surface area contributed by atoms with Gasteiger partial charge in [-0.15, -0.1) is 0 Å². The Kier molecular flexibility index (Phi) is 5.39. The third-order valence-electron chi connectivity index (χ3n) is 3.83. The van der Waals surface area contributed by atoms with Crippen molar-refractivity contribution in [3.8, 4) is 0 Å². The van der Waals surface area contributed by atoms with Crippen LogP contribution in [0.1, 0.15) is 18.5 Å². The average Bonchev–Trinajstić information content (AvgIpc) is 2.53. The van der Waals surface area contributed by atoms with E-state index < -0.39 is 25.9 Å². The highest BCUT2D eigenvalue weighted by molar-refractivity contribution is 7.90. The summed E-state index contributed by atoms with van der Waals surface area (Å²) < 4.78 is 49.7. The van der Waals surface area contributed by atoms with Gasteiger partial charge in [-0.25, -0.2) is 16.8 Å². The number of halogens is 1. The second-order valence-electron chi connectivity index (χ2n) is 5.47. The molecule has 0 N–H and O–H groups in total. The minimum Gasteiger partial charge on any atom is -0.224 e. The lowest BCUT2D eigenvalue weighted by molar-refractivity contribution is 0.398.